The number of rotatable bonds is 5. The van der Waals surface area contributed by atoms with Gasteiger partial charge < -0.3 is 25.3 Å². The van der Waals surface area contributed by atoms with E-state index in [-0.39, 0.29) is 24.7 Å². The van der Waals surface area contributed by atoms with E-state index in [1.807, 2.05) is 0 Å². The van der Waals surface area contributed by atoms with Gasteiger partial charge in [0.25, 0.3) is 0 Å². The summed E-state index contributed by atoms with van der Waals surface area (Å²) >= 11 is 0. The topological polar surface area (TPSA) is 139 Å². The number of amides is 1. The van der Waals surface area contributed by atoms with Crippen molar-refractivity contribution in [1.82, 2.24) is 4.98 Å². The van der Waals surface area contributed by atoms with Crippen molar-refractivity contribution in [1.29, 1.82) is 0 Å². The van der Waals surface area contributed by atoms with Crippen molar-refractivity contribution in [3.8, 4) is 0 Å². The molecule has 9 nitrogen and oxygen atoms in total. The van der Waals surface area contributed by atoms with Gasteiger partial charge in [0.05, 0.1) is 24.2 Å². The van der Waals surface area contributed by atoms with E-state index in [4.69, 9.17) is 15.6 Å². The van der Waals surface area contributed by atoms with Crippen molar-refractivity contribution in [3.63, 3.8) is 0 Å². The van der Waals surface area contributed by atoms with Gasteiger partial charge in [0.15, 0.2) is 5.84 Å². The Kier molecular flexibility index (Phi) is 5.26. The molecular formula is C13H16N4O5. The van der Waals surface area contributed by atoms with Crippen molar-refractivity contribution in [2.24, 2.45) is 15.7 Å². The lowest BCUT2D eigenvalue weighted by Crippen LogP contribution is -2.17. The fraction of sp³-hybridized carbons (Fsp3) is 0.385. The van der Waals surface area contributed by atoms with Crippen LogP contribution in [0.4, 0.5) is 4.79 Å². The first kappa shape index (κ1) is 15.7. The lowest BCUT2D eigenvalue weighted by Gasteiger charge is -2.12. The van der Waals surface area contributed by atoms with Crippen molar-refractivity contribution in [2.75, 3.05) is 6.61 Å². The molecule has 2 atom stereocenters. The lowest BCUT2D eigenvalue weighted by atomic mass is 10.1. The summed E-state index contributed by atoms with van der Waals surface area (Å²) in [6.07, 6.45) is 1.08. The van der Waals surface area contributed by atoms with E-state index in [9.17, 15) is 9.59 Å². The number of amidine groups is 1. The van der Waals surface area contributed by atoms with E-state index in [0.717, 1.165) is 18.5 Å². The molecule has 4 N–H and O–H groups in total. The fourth-order valence-corrected chi connectivity index (χ4v) is 2.24. The quantitative estimate of drug-likeness (QED) is 0.318. The largest absolute Gasteiger partial charge is 0.505 e. The maximum absolute atomic E-state index is 10.5. The van der Waals surface area contributed by atoms with Gasteiger partial charge in [0.2, 0.25) is 6.41 Å². The van der Waals surface area contributed by atoms with Crippen LogP contribution < -0.4 is 5.73 Å². The maximum Gasteiger partial charge on any atom is 0.505 e. The monoisotopic (exact) mass is 308 g/mol. The molecule has 2 heterocycles. The minimum atomic E-state index is -1.32. The third kappa shape index (κ3) is 3.92. The highest BCUT2D eigenvalue weighted by Gasteiger charge is 2.28. The minimum absolute atomic E-state index is 0.00865. The molecule has 1 amide bonds. The predicted octanol–water partition coefficient (Wildman–Crippen LogP) is 0.819. The molecule has 0 bridgehead atoms. The van der Waals surface area contributed by atoms with Crippen LogP contribution >= 0.6 is 0 Å². The number of carboxylic acid groups (broad SMARTS) is 1. The zero-order valence-corrected chi connectivity index (χ0v) is 11.6. The molecule has 0 aliphatic carbocycles. The smallest absolute Gasteiger partial charge is 0.450 e. The maximum atomic E-state index is 10.5. The Labute approximate surface area is 125 Å². The fourth-order valence-electron chi connectivity index (χ4n) is 2.24. The SMILES string of the molecule is NC=NC(=NC=O)c1ccc([C@H]2CC[C@@H](COC(=O)O)O2)[nH]1. The van der Waals surface area contributed by atoms with Crippen molar-refractivity contribution in [3.05, 3.63) is 23.5 Å². The van der Waals surface area contributed by atoms with Gasteiger partial charge in [0.1, 0.15) is 6.61 Å². The first-order valence-electron chi connectivity index (χ1n) is 6.60. The number of aromatic amines is 1. The van der Waals surface area contributed by atoms with Crippen LogP contribution in [0.15, 0.2) is 22.1 Å². The third-order valence-electron chi connectivity index (χ3n) is 3.17. The average Bonchev–Trinajstić information content (AvgIpc) is 3.14. The summed E-state index contributed by atoms with van der Waals surface area (Å²) in [5.74, 6) is 0.174. The van der Waals surface area contributed by atoms with Crippen molar-refractivity contribution < 1.29 is 24.2 Å². The summed E-state index contributed by atoms with van der Waals surface area (Å²) in [7, 11) is 0. The van der Waals surface area contributed by atoms with Crippen molar-refractivity contribution in [2.45, 2.75) is 25.0 Å². The second-order valence-electron chi connectivity index (χ2n) is 4.56. The number of aliphatic imine (C=N–C) groups is 2. The van der Waals surface area contributed by atoms with Gasteiger partial charge in [-0.3, -0.25) is 4.79 Å². The Morgan fingerprint density at radius 2 is 2.36 bits per heavy atom. The summed E-state index contributed by atoms with van der Waals surface area (Å²) in [5.41, 5.74) is 6.54. The van der Waals surface area contributed by atoms with Crippen LogP contribution in [0.25, 0.3) is 0 Å². The van der Waals surface area contributed by atoms with Gasteiger partial charge in [-0.15, -0.1) is 0 Å². The molecule has 1 aliphatic heterocycles. The number of aromatic nitrogens is 1. The first-order valence-corrected chi connectivity index (χ1v) is 6.60. The zero-order valence-electron chi connectivity index (χ0n) is 11.6. The molecule has 1 aromatic heterocycles. The van der Waals surface area contributed by atoms with E-state index in [2.05, 4.69) is 19.7 Å². The zero-order chi connectivity index (χ0) is 15.9. The van der Waals surface area contributed by atoms with Crippen molar-refractivity contribution >= 4 is 24.7 Å². The number of nitrogens with two attached hydrogens (primary N) is 1. The standard InChI is InChI=1S/C13H16N4O5/c14-6-15-12(16-7-18)10-3-2-9(17-10)11-4-1-8(22-11)5-21-13(19)20/h2-3,6-8,11,17H,1,4-5H2,(H,19,20)(H2,14,15,16,18)/t8-,11+/m0/s1. The van der Waals surface area contributed by atoms with Crippen LogP contribution in [0.3, 0.4) is 0 Å². The van der Waals surface area contributed by atoms with Gasteiger partial charge in [-0.2, -0.15) is 4.99 Å². The van der Waals surface area contributed by atoms with Gasteiger partial charge in [-0.25, -0.2) is 9.79 Å². The number of hydrogen-bond acceptors (Lipinski definition) is 4. The summed E-state index contributed by atoms with van der Waals surface area (Å²) in [6.45, 7) is 0.00865. The molecule has 2 rings (SSSR count). The molecule has 1 fully saturated rings. The van der Waals surface area contributed by atoms with E-state index in [1.165, 1.54) is 0 Å². The average molecular weight is 308 g/mol. The van der Waals surface area contributed by atoms with E-state index >= 15 is 0 Å². The second kappa shape index (κ2) is 7.36. The number of carbonyl (C=O) groups is 2. The minimum Gasteiger partial charge on any atom is -0.450 e. The Morgan fingerprint density at radius 1 is 1.55 bits per heavy atom. The van der Waals surface area contributed by atoms with Gasteiger partial charge in [0, 0.05) is 5.69 Å². The number of carbonyl (C=O) groups excluding carboxylic acids is 1. The summed E-state index contributed by atoms with van der Waals surface area (Å²) in [6, 6.07) is 3.52. The normalized spacial score (nSPS) is 22.1. The summed E-state index contributed by atoms with van der Waals surface area (Å²) in [4.78, 5) is 31.3. The van der Waals surface area contributed by atoms with Crippen LogP contribution in [-0.4, -0.2) is 47.5 Å². The number of nitrogens with zero attached hydrogens (tertiary/aromatic N) is 2. The molecule has 22 heavy (non-hydrogen) atoms. The molecule has 1 aromatic rings. The Hall–Kier alpha value is -2.68. The number of hydrogen-bond donors (Lipinski definition) is 3. The third-order valence-corrected chi connectivity index (χ3v) is 3.17. The molecule has 0 aromatic carbocycles. The van der Waals surface area contributed by atoms with Crippen LogP contribution in [0.2, 0.25) is 0 Å². The number of H-pyrrole nitrogens is 1. The molecule has 0 radical (unpaired) electrons. The van der Waals surface area contributed by atoms with Gasteiger partial charge in [-0.1, -0.05) is 0 Å². The number of ether oxygens (including phenoxy) is 2. The van der Waals surface area contributed by atoms with E-state index in [0.29, 0.717) is 18.5 Å². The van der Waals surface area contributed by atoms with Crippen LogP contribution in [0.1, 0.15) is 30.3 Å². The second-order valence-corrected chi connectivity index (χ2v) is 4.56. The number of nitrogens with one attached hydrogen (secondary N) is 1. The molecule has 118 valence electrons. The first-order chi connectivity index (χ1) is 10.6. The van der Waals surface area contributed by atoms with Gasteiger partial charge in [-0.05, 0) is 25.0 Å². The van der Waals surface area contributed by atoms with Crippen LogP contribution in [0.5, 0.6) is 0 Å². The Morgan fingerprint density at radius 3 is 3.05 bits per heavy atom. The Balaban J connectivity index is 2.01. The molecule has 0 saturated carbocycles. The molecule has 1 saturated heterocycles. The molecule has 9 heteroatoms. The molecular weight excluding hydrogens is 292 g/mol. The highest BCUT2D eigenvalue weighted by molar-refractivity contribution is 6.04. The van der Waals surface area contributed by atoms with E-state index in [1.54, 1.807) is 12.1 Å². The van der Waals surface area contributed by atoms with Crippen LogP contribution in [0, 0.1) is 0 Å². The molecule has 1 aliphatic rings. The summed E-state index contributed by atoms with van der Waals surface area (Å²) < 4.78 is 10.2. The lowest BCUT2D eigenvalue weighted by molar-refractivity contribution is -0.106. The molecule has 0 unspecified atom stereocenters. The van der Waals surface area contributed by atoms with E-state index < -0.39 is 6.16 Å². The van der Waals surface area contributed by atoms with Crippen LogP contribution in [-0.2, 0) is 14.3 Å². The Bertz CT molecular complexity index is 595. The predicted molar refractivity (Wildman–Crippen MR) is 76.9 cm³/mol. The van der Waals surface area contributed by atoms with Gasteiger partial charge >= 0.3 is 6.16 Å². The highest BCUT2D eigenvalue weighted by atomic mass is 16.7. The molecule has 0 spiro atoms. The summed E-state index contributed by atoms with van der Waals surface area (Å²) in [5, 5.41) is 8.47. The highest BCUT2D eigenvalue weighted by Crippen LogP contribution is 2.32.